The molecule has 0 fully saturated rings. The van der Waals surface area contributed by atoms with Crippen molar-refractivity contribution in [1.82, 2.24) is 19.9 Å². The first-order valence-electron chi connectivity index (χ1n) is 10.7. The highest BCUT2D eigenvalue weighted by atomic mass is 35.5. The van der Waals surface area contributed by atoms with Crippen LogP contribution in [0.3, 0.4) is 0 Å². The molecular weight excluding hydrogens is 473 g/mol. The van der Waals surface area contributed by atoms with Gasteiger partial charge in [-0.1, -0.05) is 23.7 Å². The Morgan fingerprint density at radius 2 is 1.69 bits per heavy atom. The normalized spacial score (nSPS) is 10.7. The Hall–Kier alpha value is -3.98. The molecule has 4 aromatic rings. The van der Waals surface area contributed by atoms with Crippen LogP contribution in [0, 0.1) is 0 Å². The summed E-state index contributed by atoms with van der Waals surface area (Å²) in [5.41, 5.74) is 2.43. The molecule has 0 radical (unpaired) electrons. The first-order chi connectivity index (χ1) is 16.9. The van der Waals surface area contributed by atoms with Crippen LogP contribution >= 0.6 is 11.6 Å². The Morgan fingerprint density at radius 3 is 2.34 bits per heavy atom. The smallest absolute Gasteiger partial charge is 0.316 e. The van der Waals surface area contributed by atoms with Gasteiger partial charge in [0, 0.05) is 54.8 Å². The lowest BCUT2D eigenvalue weighted by Crippen LogP contribution is -2.24. The predicted octanol–water partition coefficient (Wildman–Crippen LogP) is 4.71. The van der Waals surface area contributed by atoms with Crippen molar-refractivity contribution in [3.05, 3.63) is 98.7 Å². The second kappa shape index (κ2) is 11.0. The molecule has 0 aliphatic carbocycles. The molecule has 4 rings (SSSR count). The third kappa shape index (κ3) is 6.13. The molecule has 0 saturated heterocycles. The number of H-pyrrole nitrogens is 1. The highest BCUT2D eigenvalue weighted by Crippen LogP contribution is 2.27. The van der Waals surface area contributed by atoms with Crippen molar-refractivity contribution in [2.45, 2.75) is 19.6 Å². The fraction of sp³-hybridized carbons (Fsp3) is 0.200. The molecule has 180 valence electrons. The van der Waals surface area contributed by atoms with Gasteiger partial charge < -0.3 is 14.4 Å². The van der Waals surface area contributed by atoms with Crippen LogP contribution in [0.15, 0.2) is 65.8 Å². The van der Waals surface area contributed by atoms with Crippen molar-refractivity contribution in [2.24, 2.45) is 0 Å². The summed E-state index contributed by atoms with van der Waals surface area (Å²) in [4.78, 5) is 29.7. The molecule has 2 heterocycles. The molecule has 10 heteroatoms. The Bertz CT molecular complexity index is 1350. The minimum absolute atomic E-state index is 0.225. The van der Waals surface area contributed by atoms with Crippen molar-refractivity contribution >= 4 is 17.5 Å². The monoisotopic (exact) mass is 495 g/mol. The minimum atomic E-state index is -0.658. The first-order valence-corrected chi connectivity index (χ1v) is 11.1. The summed E-state index contributed by atoms with van der Waals surface area (Å²) in [6.45, 7) is -0.143. The number of aromatic nitrogens is 4. The molecule has 35 heavy (non-hydrogen) atoms. The molecule has 0 bridgehead atoms. The van der Waals surface area contributed by atoms with Gasteiger partial charge in [-0.15, -0.1) is 0 Å². The maximum Gasteiger partial charge on any atom is 0.316 e. The van der Waals surface area contributed by atoms with Gasteiger partial charge >= 0.3 is 6.01 Å². The van der Waals surface area contributed by atoms with Crippen molar-refractivity contribution in [3.63, 3.8) is 0 Å². The number of anilines is 1. The Labute approximate surface area is 206 Å². The molecule has 0 atom stereocenters. The largest absolute Gasteiger partial charge is 0.467 e. The van der Waals surface area contributed by atoms with Gasteiger partial charge in [0.15, 0.2) is 0 Å². The van der Waals surface area contributed by atoms with Gasteiger partial charge in [0.1, 0.15) is 18.2 Å². The van der Waals surface area contributed by atoms with E-state index in [4.69, 9.17) is 21.1 Å². The molecule has 0 unspecified atom stereocenters. The van der Waals surface area contributed by atoms with E-state index in [9.17, 15) is 9.18 Å². The first kappa shape index (κ1) is 24.2. The van der Waals surface area contributed by atoms with E-state index in [-0.39, 0.29) is 11.6 Å². The van der Waals surface area contributed by atoms with Crippen molar-refractivity contribution in [2.75, 3.05) is 19.1 Å². The Kier molecular flexibility index (Phi) is 7.57. The molecule has 1 N–H and O–H groups in total. The molecule has 8 nitrogen and oxygen atoms in total. The van der Waals surface area contributed by atoms with Gasteiger partial charge in [0.2, 0.25) is 5.95 Å². The van der Waals surface area contributed by atoms with Gasteiger partial charge in [0.25, 0.3) is 5.56 Å². The van der Waals surface area contributed by atoms with Crippen molar-refractivity contribution < 1.29 is 13.9 Å². The lowest BCUT2D eigenvalue weighted by molar-refractivity contribution is 0.379. The van der Waals surface area contributed by atoms with Gasteiger partial charge in [-0.2, -0.15) is 0 Å². The molecule has 0 amide bonds. The average molecular weight is 496 g/mol. The topological polar surface area (TPSA) is 93.2 Å². The minimum Gasteiger partial charge on any atom is -0.467 e. The fourth-order valence-corrected chi connectivity index (χ4v) is 3.52. The predicted molar refractivity (Wildman–Crippen MR) is 131 cm³/mol. The van der Waals surface area contributed by atoms with E-state index in [1.807, 2.05) is 36.2 Å². The Balaban J connectivity index is 1.38. The SMILES string of the molecule is COc1ncc(Cc2cnc(N(C)Cc3ccc(Oc4ccc(Cl)c(CF)c4)cc3)[nH]c2=O)cn1. The molecular formula is C25H23ClFN5O3. The fourth-order valence-electron chi connectivity index (χ4n) is 3.36. The zero-order valence-electron chi connectivity index (χ0n) is 19.2. The number of methoxy groups -OCH3 is 1. The molecule has 0 aliphatic heterocycles. The Morgan fingerprint density at radius 1 is 0.971 bits per heavy atom. The summed E-state index contributed by atoms with van der Waals surface area (Å²) in [5.74, 6) is 1.57. The quantitative estimate of drug-likeness (QED) is 0.359. The van der Waals surface area contributed by atoms with E-state index >= 15 is 0 Å². The van der Waals surface area contributed by atoms with E-state index in [1.54, 1.807) is 36.8 Å². The van der Waals surface area contributed by atoms with Gasteiger partial charge in [-0.05, 0) is 41.5 Å². The maximum absolute atomic E-state index is 13.0. The average Bonchev–Trinajstić information content (AvgIpc) is 2.88. The van der Waals surface area contributed by atoms with Crippen LogP contribution in [0.4, 0.5) is 10.3 Å². The lowest BCUT2D eigenvalue weighted by atomic mass is 10.1. The summed E-state index contributed by atoms with van der Waals surface area (Å²) in [7, 11) is 3.33. The number of nitrogens with zero attached hydrogens (tertiary/aromatic N) is 4. The number of halogens is 2. The van der Waals surface area contributed by atoms with Crippen molar-refractivity contribution in [1.29, 1.82) is 0 Å². The summed E-state index contributed by atoms with van der Waals surface area (Å²) in [6.07, 6.45) is 5.15. The zero-order chi connectivity index (χ0) is 24.8. The van der Waals surface area contributed by atoms with Crippen LogP contribution in [0.5, 0.6) is 17.5 Å². The van der Waals surface area contributed by atoms with Crippen LogP contribution in [0.2, 0.25) is 5.02 Å². The van der Waals surface area contributed by atoms with Gasteiger partial charge in [0.05, 0.1) is 7.11 Å². The standard InChI is InChI=1S/C25H23ClFN5O3/c1-32(24-28-14-19(23(33)31-24)9-17-12-29-25(34-2)30-13-17)15-16-3-5-20(6-4-16)35-21-7-8-22(26)18(10-21)11-27/h3-8,10,12-14H,9,11,15H2,1-2H3,(H,28,31,33). The molecule has 2 aromatic heterocycles. The number of alkyl halides is 1. The van der Waals surface area contributed by atoms with E-state index < -0.39 is 6.67 Å². The van der Waals surface area contributed by atoms with E-state index in [0.29, 0.717) is 46.6 Å². The highest BCUT2D eigenvalue weighted by Gasteiger charge is 2.10. The second-order valence-electron chi connectivity index (χ2n) is 7.80. The summed E-state index contributed by atoms with van der Waals surface area (Å²) >= 11 is 5.95. The van der Waals surface area contributed by atoms with Crippen LogP contribution in [-0.2, 0) is 19.6 Å². The number of hydrogen-bond acceptors (Lipinski definition) is 7. The van der Waals surface area contributed by atoms with E-state index in [2.05, 4.69) is 19.9 Å². The maximum atomic E-state index is 13.0. The van der Waals surface area contributed by atoms with E-state index in [0.717, 1.165) is 11.1 Å². The molecule has 0 saturated carbocycles. The summed E-state index contributed by atoms with van der Waals surface area (Å²) in [5, 5.41) is 0.368. The third-order valence-corrected chi connectivity index (χ3v) is 5.59. The molecule has 0 spiro atoms. The number of benzene rings is 2. The number of aromatic amines is 1. The van der Waals surface area contributed by atoms with Gasteiger partial charge in [-0.3, -0.25) is 9.78 Å². The number of rotatable bonds is 9. The van der Waals surface area contributed by atoms with Crippen LogP contribution < -0.4 is 19.9 Å². The second-order valence-corrected chi connectivity index (χ2v) is 8.21. The van der Waals surface area contributed by atoms with Crippen LogP contribution in [0.1, 0.15) is 22.3 Å². The molecule has 0 aliphatic rings. The zero-order valence-corrected chi connectivity index (χ0v) is 19.9. The van der Waals surface area contributed by atoms with Crippen molar-refractivity contribution in [3.8, 4) is 17.5 Å². The summed E-state index contributed by atoms with van der Waals surface area (Å²) < 4.78 is 23.8. The number of nitrogens with one attached hydrogen (secondary N) is 1. The third-order valence-electron chi connectivity index (χ3n) is 5.22. The van der Waals surface area contributed by atoms with Crippen LogP contribution in [-0.4, -0.2) is 34.1 Å². The van der Waals surface area contributed by atoms with Gasteiger partial charge in [-0.25, -0.2) is 19.3 Å². The lowest BCUT2D eigenvalue weighted by Gasteiger charge is -2.18. The molecule has 2 aromatic carbocycles. The summed E-state index contributed by atoms with van der Waals surface area (Å²) in [6, 6.07) is 12.6. The highest BCUT2D eigenvalue weighted by molar-refractivity contribution is 6.31. The number of ether oxygens (including phenoxy) is 2. The number of hydrogen-bond donors (Lipinski definition) is 1. The van der Waals surface area contributed by atoms with E-state index in [1.165, 1.54) is 7.11 Å². The van der Waals surface area contributed by atoms with Crippen LogP contribution in [0.25, 0.3) is 0 Å².